The molecule has 0 N–H and O–H groups in total. The number of rotatable bonds is 3. The molecule has 0 aliphatic rings. The molecular formula is C10H10ClNO2. The quantitative estimate of drug-likeness (QED) is 0.569. The van der Waals surface area contributed by atoms with Crippen molar-refractivity contribution in [3.05, 3.63) is 28.3 Å². The molecule has 0 saturated carbocycles. The first-order valence-corrected chi connectivity index (χ1v) is 4.44. The zero-order chi connectivity index (χ0) is 10.6. The molecule has 0 aliphatic carbocycles. The molecule has 0 amide bonds. The van der Waals surface area contributed by atoms with Crippen molar-refractivity contribution in [2.45, 2.75) is 13.5 Å². The molecule has 0 radical (unpaired) electrons. The van der Waals surface area contributed by atoms with Gasteiger partial charge in [0, 0.05) is 0 Å². The lowest BCUT2D eigenvalue weighted by Gasteiger charge is -2.09. The smallest absolute Gasteiger partial charge is 0.235 e. The first kappa shape index (κ1) is 10.8. The molecule has 0 aliphatic heterocycles. The van der Waals surface area contributed by atoms with Gasteiger partial charge >= 0.3 is 0 Å². The Balaban J connectivity index is 3.17. The first-order valence-electron chi connectivity index (χ1n) is 4.06. The van der Waals surface area contributed by atoms with Crippen LogP contribution in [-0.2, 0) is 11.3 Å². The van der Waals surface area contributed by atoms with Gasteiger partial charge in [-0.25, -0.2) is 9.79 Å². The van der Waals surface area contributed by atoms with Gasteiger partial charge in [-0.1, -0.05) is 17.7 Å². The molecule has 0 atom stereocenters. The van der Waals surface area contributed by atoms with E-state index >= 15 is 0 Å². The van der Waals surface area contributed by atoms with Crippen molar-refractivity contribution < 1.29 is 9.53 Å². The average molecular weight is 212 g/mol. The number of aliphatic imine (C=N–C) groups is 1. The summed E-state index contributed by atoms with van der Waals surface area (Å²) in [5.74, 6) is 0.591. The largest absolute Gasteiger partial charge is 0.495 e. The molecule has 0 spiro atoms. The first-order chi connectivity index (χ1) is 6.70. The number of carbonyl (C=O) groups excluding carboxylic acids is 1. The molecule has 0 unspecified atom stereocenters. The van der Waals surface area contributed by atoms with Gasteiger partial charge < -0.3 is 4.74 Å². The van der Waals surface area contributed by atoms with Crippen LogP contribution in [0.1, 0.15) is 11.1 Å². The molecule has 3 nitrogen and oxygen atoms in total. The Morgan fingerprint density at radius 1 is 1.57 bits per heavy atom. The zero-order valence-corrected chi connectivity index (χ0v) is 8.76. The van der Waals surface area contributed by atoms with E-state index in [2.05, 4.69) is 4.99 Å². The van der Waals surface area contributed by atoms with E-state index in [4.69, 9.17) is 16.3 Å². The van der Waals surface area contributed by atoms with E-state index in [1.165, 1.54) is 6.08 Å². The topological polar surface area (TPSA) is 38.7 Å². The summed E-state index contributed by atoms with van der Waals surface area (Å²) < 4.78 is 5.05. The van der Waals surface area contributed by atoms with Crippen molar-refractivity contribution in [3.63, 3.8) is 0 Å². The fraction of sp³-hybridized carbons (Fsp3) is 0.300. The predicted octanol–water partition coefficient (Wildman–Crippen LogP) is 2.49. The minimum Gasteiger partial charge on any atom is -0.495 e. The van der Waals surface area contributed by atoms with Gasteiger partial charge in [0.05, 0.1) is 18.7 Å². The number of hydrogen-bond donors (Lipinski definition) is 0. The second kappa shape index (κ2) is 4.80. The van der Waals surface area contributed by atoms with Crippen LogP contribution in [0, 0.1) is 6.92 Å². The highest BCUT2D eigenvalue weighted by atomic mass is 35.5. The van der Waals surface area contributed by atoms with Gasteiger partial charge in [0.1, 0.15) is 5.75 Å². The maximum Gasteiger partial charge on any atom is 0.235 e. The standard InChI is InChI=1S/C10H10ClNO2/c1-7-3-4-9(14-2)10(11)8(7)5-12-6-13/h3-4H,5H2,1-2H3. The Labute approximate surface area is 87.4 Å². The van der Waals surface area contributed by atoms with E-state index in [-0.39, 0.29) is 6.54 Å². The van der Waals surface area contributed by atoms with Gasteiger partial charge in [0.2, 0.25) is 6.08 Å². The third-order valence-corrected chi connectivity index (χ3v) is 2.38. The summed E-state index contributed by atoms with van der Waals surface area (Å²) in [4.78, 5) is 13.5. The van der Waals surface area contributed by atoms with Gasteiger partial charge in [0.15, 0.2) is 0 Å². The maximum atomic E-state index is 9.99. The van der Waals surface area contributed by atoms with Crippen molar-refractivity contribution >= 4 is 17.7 Å². The number of benzene rings is 1. The summed E-state index contributed by atoms with van der Waals surface area (Å²) in [5.41, 5.74) is 1.78. The van der Waals surface area contributed by atoms with Crippen LogP contribution in [0.5, 0.6) is 5.75 Å². The Morgan fingerprint density at radius 3 is 2.86 bits per heavy atom. The number of nitrogens with zero attached hydrogens (tertiary/aromatic N) is 1. The summed E-state index contributed by atoms with van der Waals surface area (Å²) in [6, 6.07) is 3.66. The van der Waals surface area contributed by atoms with E-state index < -0.39 is 0 Å². The van der Waals surface area contributed by atoms with Crippen molar-refractivity contribution in [2.75, 3.05) is 7.11 Å². The molecule has 1 aromatic carbocycles. The minimum absolute atomic E-state index is 0.241. The van der Waals surface area contributed by atoms with Gasteiger partial charge in [-0.05, 0) is 24.1 Å². The summed E-state index contributed by atoms with van der Waals surface area (Å²) in [5, 5.41) is 0.506. The fourth-order valence-electron chi connectivity index (χ4n) is 1.16. The van der Waals surface area contributed by atoms with Crippen LogP contribution in [0.3, 0.4) is 0 Å². The lowest BCUT2D eigenvalue weighted by Crippen LogP contribution is -1.93. The molecule has 14 heavy (non-hydrogen) atoms. The normalized spacial score (nSPS) is 9.36. The van der Waals surface area contributed by atoms with Crippen molar-refractivity contribution in [1.82, 2.24) is 0 Å². The Bertz CT molecular complexity index is 384. The number of halogens is 1. The van der Waals surface area contributed by atoms with Gasteiger partial charge in [-0.2, -0.15) is 0 Å². The van der Waals surface area contributed by atoms with Gasteiger partial charge in [-0.15, -0.1) is 0 Å². The number of ether oxygens (including phenoxy) is 1. The van der Waals surface area contributed by atoms with Crippen LogP contribution < -0.4 is 4.74 Å². The number of isocyanates is 1. The van der Waals surface area contributed by atoms with E-state index in [0.29, 0.717) is 10.8 Å². The monoisotopic (exact) mass is 211 g/mol. The van der Waals surface area contributed by atoms with Gasteiger partial charge in [-0.3, -0.25) is 0 Å². The SMILES string of the molecule is COc1ccc(C)c(CN=C=O)c1Cl. The third kappa shape index (κ3) is 2.13. The molecule has 1 aromatic rings. The van der Waals surface area contributed by atoms with Crippen LogP contribution in [0.25, 0.3) is 0 Å². The Kier molecular flexibility index (Phi) is 3.69. The molecule has 0 saturated heterocycles. The molecule has 0 aromatic heterocycles. The summed E-state index contributed by atoms with van der Waals surface area (Å²) >= 11 is 6.04. The van der Waals surface area contributed by atoms with Crippen LogP contribution in [-0.4, -0.2) is 13.2 Å². The second-order valence-electron chi connectivity index (χ2n) is 2.78. The second-order valence-corrected chi connectivity index (χ2v) is 3.16. The highest BCUT2D eigenvalue weighted by Crippen LogP contribution is 2.30. The van der Waals surface area contributed by atoms with Crippen molar-refractivity contribution in [2.24, 2.45) is 4.99 Å². The highest BCUT2D eigenvalue weighted by molar-refractivity contribution is 6.32. The molecule has 1 rings (SSSR count). The van der Waals surface area contributed by atoms with Crippen LogP contribution in [0.4, 0.5) is 0 Å². The molecule has 0 heterocycles. The van der Waals surface area contributed by atoms with E-state index in [0.717, 1.165) is 11.1 Å². The highest BCUT2D eigenvalue weighted by Gasteiger charge is 2.08. The Morgan fingerprint density at radius 2 is 2.29 bits per heavy atom. The van der Waals surface area contributed by atoms with Crippen molar-refractivity contribution in [1.29, 1.82) is 0 Å². The lowest BCUT2D eigenvalue weighted by molar-refractivity contribution is 0.414. The van der Waals surface area contributed by atoms with E-state index in [1.54, 1.807) is 13.2 Å². The molecule has 0 fully saturated rings. The molecule has 0 bridgehead atoms. The van der Waals surface area contributed by atoms with Crippen LogP contribution in [0.2, 0.25) is 5.02 Å². The van der Waals surface area contributed by atoms with Crippen LogP contribution in [0.15, 0.2) is 17.1 Å². The molecule has 74 valence electrons. The number of hydrogen-bond acceptors (Lipinski definition) is 3. The summed E-state index contributed by atoms with van der Waals surface area (Å²) in [6.07, 6.45) is 1.48. The Hall–Kier alpha value is -1.31. The number of methoxy groups -OCH3 is 1. The maximum absolute atomic E-state index is 9.99. The van der Waals surface area contributed by atoms with Crippen LogP contribution >= 0.6 is 11.6 Å². The predicted molar refractivity (Wildman–Crippen MR) is 54.6 cm³/mol. The zero-order valence-electron chi connectivity index (χ0n) is 8.00. The molecule has 4 heteroatoms. The number of aryl methyl sites for hydroxylation is 1. The average Bonchev–Trinajstić information content (AvgIpc) is 2.18. The molecular weight excluding hydrogens is 202 g/mol. The third-order valence-electron chi connectivity index (χ3n) is 1.96. The minimum atomic E-state index is 0.241. The lowest BCUT2D eigenvalue weighted by atomic mass is 10.1. The van der Waals surface area contributed by atoms with E-state index in [1.807, 2.05) is 13.0 Å². The van der Waals surface area contributed by atoms with Gasteiger partial charge in [0.25, 0.3) is 0 Å². The summed E-state index contributed by atoms with van der Waals surface area (Å²) in [6.45, 7) is 2.15. The summed E-state index contributed by atoms with van der Waals surface area (Å²) in [7, 11) is 1.54. The van der Waals surface area contributed by atoms with Crippen molar-refractivity contribution in [3.8, 4) is 5.75 Å². The van der Waals surface area contributed by atoms with E-state index in [9.17, 15) is 4.79 Å². The fourth-order valence-corrected chi connectivity index (χ4v) is 1.51.